The molecule has 2 aromatic carbocycles. The summed E-state index contributed by atoms with van der Waals surface area (Å²) >= 11 is 6.74. The van der Waals surface area contributed by atoms with Gasteiger partial charge in [-0.25, -0.2) is 8.78 Å². The molecular weight excluding hydrogens is 498 g/mol. The number of hydrogen-bond acceptors (Lipinski definition) is 3. The van der Waals surface area contributed by atoms with Crippen molar-refractivity contribution in [1.82, 2.24) is 0 Å². The number of amides is 1. The smallest absolute Gasteiger partial charge is 0.229 e. The van der Waals surface area contributed by atoms with E-state index in [1.807, 2.05) is 0 Å². The van der Waals surface area contributed by atoms with Crippen LogP contribution in [0.4, 0.5) is 20.2 Å². The van der Waals surface area contributed by atoms with E-state index in [1.54, 1.807) is 39.0 Å². The average Bonchev–Trinajstić information content (AvgIpc) is 2.61. The highest BCUT2D eigenvalue weighted by Gasteiger charge is 2.28. The first-order valence-electron chi connectivity index (χ1n) is 8.44. The Bertz CT molecular complexity index is 991. The van der Waals surface area contributed by atoms with Crippen LogP contribution in [-0.2, 0) is 11.2 Å². The van der Waals surface area contributed by atoms with E-state index in [9.17, 15) is 13.6 Å². The molecule has 1 heterocycles. The molecule has 0 fully saturated rings. The Morgan fingerprint density at radius 2 is 1.75 bits per heavy atom. The van der Waals surface area contributed by atoms with E-state index >= 15 is 0 Å². The Balaban J connectivity index is 2.01. The van der Waals surface area contributed by atoms with Gasteiger partial charge in [0.05, 0.1) is 11.4 Å². The summed E-state index contributed by atoms with van der Waals surface area (Å²) in [6.07, 6.45) is 1.90. The highest BCUT2D eigenvalue weighted by Crippen LogP contribution is 2.41. The average molecular weight is 516 g/mol. The molecule has 1 amide bonds. The number of rotatable bonds is 2. The number of nitrogens with two attached hydrogens (primary N) is 1. The van der Waals surface area contributed by atoms with Crippen LogP contribution in [0.15, 0.2) is 33.2 Å². The molecule has 3 rings (SSSR count). The number of carbonyl (C=O) groups excluding carboxylic acids is 1. The Morgan fingerprint density at radius 3 is 2.32 bits per heavy atom. The third kappa shape index (κ3) is 3.93. The normalized spacial score (nSPS) is 13.5. The van der Waals surface area contributed by atoms with Crippen LogP contribution in [-0.4, -0.2) is 5.91 Å². The van der Waals surface area contributed by atoms with Crippen LogP contribution in [0.1, 0.15) is 31.9 Å². The lowest BCUT2D eigenvalue weighted by Crippen LogP contribution is -2.29. The van der Waals surface area contributed by atoms with Crippen molar-refractivity contribution in [2.24, 2.45) is 5.41 Å². The first kappa shape index (κ1) is 20.8. The van der Waals surface area contributed by atoms with E-state index < -0.39 is 17.0 Å². The van der Waals surface area contributed by atoms with Gasteiger partial charge in [0.25, 0.3) is 0 Å². The van der Waals surface area contributed by atoms with Gasteiger partial charge >= 0.3 is 0 Å². The Labute approximate surface area is 178 Å². The highest BCUT2D eigenvalue weighted by atomic mass is 79.9. The fraction of sp³-hybridized carbons (Fsp3) is 0.250. The second-order valence-corrected chi connectivity index (χ2v) is 9.16. The maximum Gasteiger partial charge on any atom is 0.229 e. The summed E-state index contributed by atoms with van der Waals surface area (Å²) in [5.41, 5.74) is 6.56. The minimum atomic E-state index is -0.840. The molecule has 0 saturated carbocycles. The molecule has 0 spiro atoms. The number of fused-ring (bicyclic) bond motifs is 1. The molecule has 0 bridgehead atoms. The maximum absolute atomic E-state index is 14.5. The number of nitrogens with one attached hydrogen (secondary N) is 1. The van der Waals surface area contributed by atoms with Crippen molar-refractivity contribution >= 4 is 54.9 Å². The van der Waals surface area contributed by atoms with Crippen LogP contribution in [0, 0.1) is 17.0 Å². The lowest BCUT2D eigenvalue weighted by molar-refractivity contribution is -0.123. The van der Waals surface area contributed by atoms with Gasteiger partial charge in [-0.15, -0.1) is 0 Å². The predicted octanol–water partition coefficient (Wildman–Crippen LogP) is 6.03. The van der Waals surface area contributed by atoms with Crippen LogP contribution >= 0.6 is 31.9 Å². The van der Waals surface area contributed by atoms with Gasteiger partial charge in [0, 0.05) is 38.0 Å². The summed E-state index contributed by atoms with van der Waals surface area (Å²) in [5, 5.41) is 2.56. The molecule has 0 radical (unpaired) electrons. The zero-order valence-corrected chi connectivity index (χ0v) is 18.6. The SMILES string of the molecule is CC(C)(C)C(=O)Nc1c(F)cc(F)c2c1CC=C(c1cc(Br)c(N)c(Br)c1)O2. The summed E-state index contributed by atoms with van der Waals surface area (Å²) in [6.45, 7) is 5.13. The monoisotopic (exact) mass is 514 g/mol. The Morgan fingerprint density at radius 1 is 1.14 bits per heavy atom. The zero-order valence-electron chi connectivity index (χ0n) is 15.4. The van der Waals surface area contributed by atoms with Crippen LogP contribution in [0.5, 0.6) is 5.75 Å². The Hall–Kier alpha value is -1.93. The van der Waals surface area contributed by atoms with Crippen molar-refractivity contribution in [3.63, 3.8) is 0 Å². The fourth-order valence-corrected chi connectivity index (χ4v) is 3.83. The van der Waals surface area contributed by atoms with Gasteiger partial charge < -0.3 is 15.8 Å². The topological polar surface area (TPSA) is 64.4 Å². The molecule has 148 valence electrons. The largest absolute Gasteiger partial charge is 0.454 e. The quantitative estimate of drug-likeness (QED) is 0.480. The van der Waals surface area contributed by atoms with Crippen molar-refractivity contribution in [2.45, 2.75) is 27.2 Å². The van der Waals surface area contributed by atoms with Gasteiger partial charge in [-0.05, 0) is 50.1 Å². The summed E-state index contributed by atoms with van der Waals surface area (Å²) in [6, 6.07) is 4.22. The molecule has 8 heteroatoms. The standard InChI is InChI=1S/C20H18Br2F2N2O2/c1-20(2,3)19(27)26-17-10-4-5-15(28-18(10)14(24)8-13(17)23)9-6-11(21)16(25)12(22)7-9/h5-8H,4,25H2,1-3H3,(H,26,27). The molecule has 4 nitrogen and oxygen atoms in total. The number of hydrogen-bond donors (Lipinski definition) is 2. The molecular formula is C20H18Br2F2N2O2. The van der Waals surface area contributed by atoms with E-state index in [0.29, 0.717) is 26.0 Å². The van der Waals surface area contributed by atoms with Crippen molar-refractivity contribution in [2.75, 3.05) is 11.1 Å². The molecule has 0 saturated heterocycles. The van der Waals surface area contributed by atoms with Crippen molar-refractivity contribution in [3.8, 4) is 5.75 Å². The lowest BCUT2D eigenvalue weighted by Gasteiger charge is -2.24. The third-order valence-electron chi connectivity index (χ3n) is 4.27. The zero-order chi connectivity index (χ0) is 20.8. The highest BCUT2D eigenvalue weighted by molar-refractivity contribution is 9.11. The van der Waals surface area contributed by atoms with E-state index in [2.05, 4.69) is 37.2 Å². The van der Waals surface area contributed by atoms with Gasteiger partial charge in [0.1, 0.15) is 11.6 Å². The molecule has 0 aromatic heterocycles. The summed E-state index contributed by atoms with van der Waals surface area (Å²) < 4.78 is 35.9. The molecule has 1 aliphatic rings. The Kier molecular flexibility index (Phi) is 5.55. The third-order valence-corrected chi connectivity index (χ3v) is 5.58. The van der Waals surface area contributed by atoms with Crippen LogP contribution in [0.3, 0.4) is 0 Å². The number of ether oxygens (including phenoxy) is 1. The molecule has 1 aliphatic heterocycles. The molecule has 28 heavy (non-hydrogen) atoms. The predicted molar refractivity (Wildman–Crippen MR) is 113 cm³/mol. The molecule has 2 aromatic rings. The summed E-state index contributed by atoms with van der Waals surface area (Å²) in [7, 11) is 0. The lowest BCUT2D eigenvalue weighted by atomic mass is 9.94. The summed E-state index contributed by atoms with van der Waals surface area (Å²) in [4.78, 5) is 12.3. The molecule has 3 N–H and O–H groups in total. The maximum atomic E-state index is 14.5. The minimum absolute atomic E-state index is 0.0636. The minimum Gasteiger partial charge on any atom is -0.454 e. The van der Waals surface area contributed by atoms with E-state index in [1.165, 1.54) is 0 Å². The van der Waals surface area contributed by atoms with Gasteiger partial charge in [0.15, 0.2) is 11.6 Å². The molecule has 0 unspecified atom stereocenters. The van der Waals surface area contributed by atoms with Gasteiger partial charge in [0.2, 0.25) is 5.91 Å². The van der Waals surface area contributed by atoms with Crippen LogP contribution in [0.2, 0.25) is 0 Å². The van der Waals surface area contributed by atoms with E-state index in [-0.39, 0.29) is 29.3 Å². The van der Waals surface area contributed by atoms with E-state index in [4.69, 9.17) is 10.5 Å². The number of halogens is 4. The van der Waals surface area contributed by atoms with Crippen LogP contribution in [0.25, 0.3) is 5.76 Å². The fourth-order valence-electron chi connectivity index (χ4n) is 2.64. The number of nitrogen functional groups attached to an aromatic ring is 1. The number of allylic oxidation sites excluding steroid dienone is 1. The first-order valence-corrected chi connectivity index (χ1v) is 10.0. The van der Waals surface area contributed by atoms with Gasteiger partial charge in [-0.1, -0.05) is 20.8 Å². The number of carbonyl (C=O) groups is 1. The second kappa shape index (κ2) is 7.48. The number of anilines is 2. The summed E-state index contributed by atoms with van der Waals surface area (Å²) in [5.74, 6) is -1.74. The van der Waals surface area contributed by atoms with E-state index in [0.717, 1.165) is 6.07 Å². The molecule has 0 atom stereocenters. The van der Waals surface area contributed by atoms with Crippen molar-refractivity contribution in [1.29, 1.82) is 0 Å². The second-order valence-electron chi connectivity index (χ2n) is 7.46. The van der Waals surface area contributed by atoms with Crippen LogP contribution < -0.4 is 15.8 Å². The van der Waals surface area contributed by atoms with Crippen molar-refractivity contribution < 1.29 is 18.3 Å². The van der Waals surface area contributed by atoms with Gasteiger partial charge in [-0.3, -0.25) is 4.79 Å². The first-order chi connectivity index (χ1) is 13.0. The number of benzene rings is 2. The molecule has 0 aliphatic carbocycles. The van der Waals surface area contributed by atoms with Gasteiger partial charge in [-0.2, -0.15) is 0 Å². The van der Waals surface area contributed by atoms with Crippen molar-refractivity contribution in [3.05, 3.63) is 56.0 Å².